The van der Waals surface area contributed by atoms with Crippen LogP contribution in [0.3, 0.4) is 0 Å². The van der Waals surface area contributed by atoms with Gasteiger partial charge in [-0.25, -0.2) is 34.3 Å². The number of urea groups is 3. The fourth-order valence-corrected chi connectivity index (χ4v) is 10.6. The number of pyridine rings is 1. The number of fused-ring (bicyclic) bond motifs is 1. The highest BCUT2D eigenvalue weighted by Crippen LogP contribution is 2.35. The van der Waals surface area contributed by atoms with Gasteiger partial charge in [-0.1, -0.05) is 73.7 Å². The number of aromatic nitrogens is 5. The van der Waals surface area contributed by atoms with E-state index in [1.165, 1.54) is 6.33 Å². The molecule has 2 aromatic carbocycles. The van der Waals surface area contributed by atoms with Crippen LogP contribution in [-0.4, -0.2) is 170 Å². The number of benzene rings is 2. The molecule has 1 saturated carbocycles. The SMILES string of the molecule is CCC(=O)N[C@H]1C[C@@H](n2cnc3c(NCC(c4ccccc4)c4ccccc4)nc(C(=O)NCCNC(=O)NC4CCN(C(=O)NC5CCN(C(=O)NC6CCN(c7ccccn7)CC6)CC5)CC4)nc32)[C@H](O)[C@@H]1O. The maximum atomic E-state index is 13.8. The first kappa shape index (κ1) is 52.3. The van der Waals surface area contributed by atoms with Gasteiger partial charge in [0.25, 0.3) is 5.91 Å². The zero-order valence-corrected chi connectivity index (χ0v) is 42.3. The van der Waals surface area contributed by atoms with Crippen LogP contribution in [-0.2, 0) is 4.79 Å². The Kier molecular flexibility index (Phi) is 17.2. The Labute approximate surface area is 435 Å². The van der Waals surface area contributed by atoms with Crippen molar-refractivity contribution in [3.8, 4) is 0 Å². The van der Waals surface area contributed by atoms with Crippen molar-refractivity contribution >= 4 is 52.7 Å². The van der Waals surface area contributed by atoms with E-state index in [1.807, 2.05) is 83.8 Å². The first-order valence-corrected chi connectivity index (χ1v) is 26.3. The number of anilines is 2. The van der Waals surface area contributed by atoms with Gasteiger partial charge in [-0.2, -0.15) is 0 Å². The number of imidazole rings is 1. The van der Waals surface area contributed by atoms with Gasteiger partial charge >= 0.3 is 18.1 Å². The number of carbonyl (C=O) groups is 5. The quantitative estimate of drug-likeness (QED) is 0.0644. The van der Waals surface area contributed by atoms with Crippen molar-refractivity contribution in [2.75, 3.05) is 69.1 Å². The summed E-state index contributed by atoms with van der Waals surface area (Å²) in [5.41, 5.74) is 2.73. The van der Waals surface area contributed by atoms with Gasteiger partial charge in [0, 0.05) is 95.6 Å². The lowest BCUT2D eigenvalue weighted by Crippen LogP contribution is -2.55. The van der Waals surface area contributed by atoms with Crippen LogP contribution in [0.1, 0.15) is 92.0 Å². The van der Waals surface area contributed by atoms with Crippen molar-refractivity contribution in [3.63, 3.8) is 0 Å². The standard InChI is InChI=1S/C53H69N15O7/c1-2-43(69)62-40-31-41(46(71)45(40)70)68-33-58-44-47(57-32-39(34-11-5-3-6-12-34)35-13-7-4-8-14-35)63-48(64-49(44)68)50(72)55-23-24-56-51(73)59-36-18-27-66(28-19-36)53(75)61-38-20-29-67(30-21-38)52(74)60-37-16-25-65(26-17-37)42-15-9-10-22-54-42/h3-15,22,33,36-41,45-46,70-71H,2,16-21,23-32H2,1H3,(H,55,72)(H,60,74)(H,61,75)(H,62,69)(H2,56,59,73)(H,57,63,64)/t40-,41+,45+,46-/m0/s1. The molecule has 22 heteroatoms. The van der Waals surface area contributed by atoms with Gasteiger partial charge in [0.15, 0.2) is 11.5 Å². The number of carbonyl (C=O) groups excluding carboxylic acids is 5. The monoisotopic (exact) mass is 1030 g/mol. The summed E-state index contributed by atoms with van der Waals surface area (Å²) in [5, 5.41) is 43.3. The summed E-state index contributed by atoms with van der Waals surface area (Å²) in [5.74, 6) is 0.110. The van der Waals surface area contributed by atoms with Crippen LogP contribution in [0.4, 0.5) is 26.0 Å². The van der Waals surface area contributed by atoms with Crippen LogP contribution in [0, 0.1) is 0 Å². The van der Waals surface area contributed by atoms with Gasteiger partial charge in [-0.3, -0.25) is 9.59 Å². The third kappa shape index (κ3) is 13.0. The van der Waals surface area contributed by atoms with Gasteiger partial charge < -0.3 is 66.7 Å². The average molecular weight is 1030 g/mol. The largest absolute Gasteiger partial charge is 0.388 e. The number of nitrogens with zero attached hydrogens (tertiary/aromatic N) is 8. The van der Waals surface area contributed by atoms with Crippen LogP contribution in [0.25, 0.3) is 11.2 Å². The summed E-state index contributed by atoms with van der Waals surface area (Å²) < 4.78 is 1.61. The number of rotatable bonds is 16. The van der Waals surface area contributed by atoms with Crippen LogP contribution in [0.15, 0.2) is 91.4 Å². The Morgan fingerprint density at radius 1 is 0.653 bits per heavy atom. The molecule has 22 nitrogen and oxygen atoms in total. The molecule has 75 heavy (non-hydrogen) atoms. The second-order valence-electron chi connectivity index (χ2n) is 19.8. The van der Waals surface area contributed by atoms with Gasteiger partial charge in [0.1, 0.15) is 23.5 Å². The number of piperidine rings is 3. The topological polar surface area (TPSA) is 276 Å². The third-order valence-corrected chi connectivity index (χ3v) is 14.9. The van der Waals surface area contributed by atoms with Crippen LogP contribution in [0.2, 0.25) is 0 Å². The Morgan fingerprint density at radius 3 is 1.81 bits per heavy atom. The summed E-state index contributed by atoms with van der Waals surface area (Å²) in [6.45, 7) is 6.01. The van der Waals surface area contributed by atoms with Crippen molar-refractivity contribution in [2.45, 2.75) is 107 Å². The van der Waals surface area contributed by atoms with E-state index in [4.69, 9.17) is 0 Å². The number of amides is 8. The summed E-state index contributed by atoms with van der Waals surface area (Å²) in [6.07, 6.45) is 5.41. The average Bonchev–Trinajstić information content (AvgIpc) is 4.00. The van der Waals surface area contributed by atoms with Crippen LogP contribution < -0.4 is 42.1 Å². The Balaban J connectivity index is 0.733. The van der Waals surface area contributed by atoms with Crippen LogP contribution in [0.5, 0.6) is 0 Å². The fourth-order valence-electron chi connectivity index (χ4n) is 10.6. The van der Waals surface area contributed by atoms with E-state index in [1.54, 1.807) is 22.6 Å². The molecule has 0 bridgehead atoms. The second-order valence-corrected chi connectivity index (χ2v) is 19.8. The summed E-state index contributed by atoms with van der Waals surface area (Å²) >= 11 is 0. The molecular weight excluding hydrogens is 959 g/mol. The number of aliphatic hydroxyl groups excluding tert-OH is 2. The zero-order chi connectivity index (χ0) is 52.3. The van der Waals surface area contributed by atoms with Crippen molar-refractivity contribution in [3.05, 3.63) is 108 Å². The Morgan fingerprint density at radius 2 is 1.23 bits per heavy atom. The van der Waals surface area contributed by atoms with Gasteiger partial charge in [-0.05, 0) is 68.2 Å². The number of aliphatic hydroxyl groups is 2. The van der Waals surface area contributed by atoms with E-state index >= 15 is 0 Å². The molecule has 4 atom stereocenters. The highest BCUT2D eigenvalue weighted by molar-refractivity contribution is 5.94. The van der Waals surface area contributed by atoms with E-state index in [-0.39, 0.29) is 85.2 Å². The Hall–Kier alpha value is -7.59. The lowest BCUT2D eigenvalue weighted by molar-refractivity contribution is -0.122. The maximum Gasteiger partial charge on any atom is 0.317 e. The first-order chi connectivity index (χ1) is 36.5. The van der Waals surface area contributed by atoms with Crippen molar-refractivity contribution < 1.29 is 34.2 Å². The van der Waals surface area contributed by atoms with E-state index in [9.17, 15) is 34.2 Å². The van der Waals surface area contributed by atoms with E-state index < -0.39 is 36.2 Å². The van der Waals surface area contributed by atoms with Gasteiger partial charge in [0.2, 0.25) is 11.7 Å². The highest BCUT2D eigenvalue weighted by atomic mass is 16.3. The smallest absolute Gasteiger partial charge is 0.317 e. The normalized spacial score (nSPS) is 20.7. The van der Waals surface area contributed by atoms with Crippen molar-refractivity contribution in [1.29, 1.82) is 0 Å². The number of hydrogen-bond donors (Lipinski definition) is 9. The summed E-state index contributed by atoms with van der Waals surface area (Å²) in [4.78, 5) is 89.6. The van der Waals surface area contributed by atoms with Gasteiger partial charge in [0.05, 0.1) is 18.4 Å². The molecule has 0 unspecified atom stereocenters. The molecule has 398 valence electrons. The fraction of sp³-hybridized carbons (Fsp3) is 0.491. The summed E-state index contributed by atoms with van der Waals surface area (Å²) in [7, 11) is 0. The molecule has 3 aromatic heterocycles. The maximum absolute atomic E-state index is 13.8. The molecule has 9 N–H and O–H groups in total. The minimum Gasteiger partial charge on any atom is -0.388 e. The minimum absolute atomic E-state index is 0.0319. The number of nitrogens with one attached hydrogen (secondary N) is 7. The molecule has 0 spiro atoms. The predicted molar refractivity (Wildman–Crippen MR) is 281 cm³/mol. The lowest BCUT2D eigenvalue weighted by Gasteiger charge is -2.37. The highest BCUT2D eigenvalue weighted by Gasteiger charge is 2.44. The number of likely N-dealkylation sites (tertiary alicyclic amines) is 2. The molecule has 8 amide bonds. The third-order valence-electron chi connectivity index (χ3n) is 14.9. The minimum atomic E-state index is -1.26. The van der Waals surface area contributed by atoms with Gasteiger partial charge in [-0.15, -0.1) is 0 Å². The van der Waals surface area contributed by atoms with E-state index in [0.29, 0.717) is 63.9 Å². The predicted octanol–water partition coefficient (Wildman–Crippen LogP) is 3.07. The van der Waals surface area contributed by atoms with E-state index in [2.05, 4.69) is 62.1 Å². The molecule has 5 aromatic rings. The van der Waals surface area contributed by atoms with E-state index in [0.717, 1.165) is 42.9 Å². The van der Waals surface area contributed by atoms with Crippen molar-refractivity contribution in [2.24, 2.45) is 0 Å². The molecule has 6 heterocycles. The first-order valence-electron chi connectivity index (χ1n) is 26.3. The number of hydrogen-bond acceptors (Lipinski definition) is 13. The summed E-state index contributed by atoms with van der Waals surface area (Å²) in [6, 6.07) is 23.8. The molecule has 9 rings (SSSR count). The molecule has 0 radical (unpaired) electrons. The molecular formula is C53H69N15O7. The Bertz CT molecular complexity index is 2670. The lowest BCUT2D eigenvalue weighted by atomic mass is 9.91. The zero-order valence-electron chi connectivity index (χ0n) is 42.3. The molecule has 3 aliphatic heterocycles. The molecule has 1 aliphatic carbocycles. The van der Waals surface area contributed by atoms with Crippen LogP contribution >= 0.6 is 0 Å². The molecule has 4 aliphatic rings. The molecule has 3 saturated heterocycles. The second kappa shape index (κ2) is 24.6. The molecule has 4 fully saturated rings. The van der Waals surface area contributed by atoms with Crippen molar-refractivity contribution in [1.82, 2.24) is 66.2 Å².